The molecule has 0 aromatic heterocycles. The van der Waals surface area contributed by atoms with Crippen LogP contribution in [0, 0.1) is 28.3 Å². The highest BCUT2D eigenvalue weighted by Gasteiger charge is 2.14. The molecule has 0 bridgehead atoms. The molecular weight excluding hydrogens is 286 g/mol. The number of hydrogen-bond donors (Lipinski definition) is 0. The SMILES string of the molecule is [C-]#[N+]c1cc(Sc2cc(F)cc(F)c2)ccc1[N+](=O)[O-]. The molecule has 0 heterocycles. The topological polar surface area (TPSA) is 47.5 Å². The van der Waals surface area contributed by atoms with Crippen LogP contribution in [0.15, 0.2) is 46.2 Å². The Morgan fingerprint density at radius 3 is 2.30 bits per heavy atom. The highest BCUT2D eigenvalue weighted by Crippen LogP contribution is 2.35. The van der Waals surface area contributed by atoms with E-state index in [9.17, 15) is 18.9 Å². The van der Waals surface area contributed by atoms with Gasteiger partial charge in [-0.2, -0.15) is 0 Å². The van der Waals surface area contributed by atoms with Gasteiger partial charge in [-0.3, -0.25) is 10.1 Å². The van der Waals surface area contributed by atoms with E-state index in [1.807, 2.05) is 0 Å². The summed E-state index contributed by atoms with van der Waals surface area (Å²) in [5.41, 5.74) is -0.411. The van der Waals surface area contributed by atoms with E-state index in [1.165, 1.54) is 18.2 Å². The van der Waals surface area contributed by atoms with Crippen molar-refractivity contribution in [1.29, 1.82) is 0 Å². The van der Waals surface area contributed by atoms with Gasteiger partial charge in [0.05, 0.1) is 11.5 Å². The molecule has 0 amide bonds. The lowest BCUT2D eigenvalue weighted by molar-refractivity contribution is -0.383. The number of nitro benzene ring substituents is 1. The highest BCUT2D eigenvalue weighted by atomic mass is 32.2. The van der Waals surface area contributed by atoms with Gasteiger partial charge in [0, 0.05) is 21.9 Å². The lowest BCUT2D eigenvalue weighted by Gasteiger charge is -2.03. The Labute approximate surface area is 117 Å². The van der Waals surface area contributed by atoms with Gasteiger partial charge in [-0.25, -0.2) is 13.6 Å². The van der Waals surface area contributed by atoms with E-state index in [0.717, 1.165) is 30.0 Å². The van der Waals surface area contributed by atoms with Crippen LogP contribution >= 0.6 is 11.8 Å². The van der Waals surface area contributed by atoms with E-state index in [0.29, 0.717) is 9.79 Å². The zero-order valence-electron chi connectivity index (χ0n) is 9.84. The third-order valence-electron chi connectivity index (χ3n) is 2.34. The predicted octanol–water partition coefficient (Wildman–Crippen LogP) is 4.57. The molecule has 0 aliphatic rings. The smallest absolute Gasteiger partial charge is 0.260 e. The fourth-order valence-electron chi connectivity index (χ4n) is 1.53. The molecule has 0 saturated heterocycles. The Kier molecular flexibility index (Phi) is 3.96. The molecule has 2 aromatic rings. The van der Waals surface area contributed by atoms with E-state index in [4.69, 9.17) is 6.57 Å². The minimum Gasteiger partial charge on any atom is -0.260 e. The Morgan fingerprint density at radius 2 is 1.75 bits per heavy atom. The van der Waals surface area contributed by atoms with Gasteiger partial charge in [0.15, 0.2) is 0 Å². The summed E-state index contributed by atoms with van der Waals surface area (Å²) >= 11 is 1.02. The standard InChI is InChI=1S/C13H6F2N2O2S/c1-16-12-7-10(2-3-13(12)17(18)19)20-11-5-8(14)4-9(15)6-11/h2-7H. The third kappa shape index (κ3) is 3.10. The van der Waals surface area contributed by atoms with Crippen molar-refractivity contribution in [2.45, 2.75) is 9.79 Å². The molecular formula is C13H6F2N2O2S. The monoisotopic (exact) mass is 292 g/mol. The van der Waals surface area contributed by atoms with E-state index in [-0.39, 0.29) is 11.4 Å². The van der Waals surface area contributed by atoms with Gasteiger partial charge in [0.1, 0.15) is 11.6 Å². The van der Waals surface area contributed by atoms with Gasteiger partial charge in [-0.15, -0.1) is 0 Å². The Morgan fingerprint density at radius 1 is 1.10 bits per heavy atom. The molecule has 0 unspecified atom stereocenters. The minimum absolute atomic E-state index is 0.114. The van der Waals surface area contributed by atoms with Crippen LogP contribution in [0.3, 0.4) is 0 Å². The first-order valence-corrected chi connectivity index (χ1v) is 6.11. The molecule has 7 heteroatoms. The van der Waals surface area contributed by atoms with Crippen LogP contribution in [0.1, 0.15) is 0 Å². The average Bonchev–Trinajstić information content (AvgIpc) is 2.37. The van der Waals surface area contributed by atoms with Crippen molar-refractivity contribution in [3.8, 4) is 0 Å². The van der Waals surface area contributed by atoms with Crippen molar-refractivity contribution in [3.05, 3.63) is 69.6 Å². The number of benzene rings is 2. The minimum atomic E-state index is -0.709. The quantitative estimate of drug-likeness (QED) is 0.473. The molecule has 2 aromatic carbocycles. The van der Waals surface area contributed by atoms with Crippen molar-refractivity contribution in [1.82, 2.24) is 0 Å². The molecule has 0 atom stereocenters. The molecule has 0 spiro atoms. The Balaban J connectivity index is 2.35. The van der Waals surface area contributed by atoms with Crippen molar-refractivity contribution in [3.63, 3.8) is 0 Å². The second-order valence-corrected chi connectivity index (χ2v) is 4.87. The molecule has 0 aliphatic heterocycles. The molecule has 0 fully saturated rings. The van der Waals surface area contributed by atoms with Gasteiger partial charge in [-0.05, 0) is 24.3 Å². The van der Waals surface area contributed by atoms with Crippen molar-refractivity contribution in [2.24, 2.45) is 0 Å². The van der Waals surface area contributed by atoms with E-state index in [1.54, 1.807) is 0 Å². The molecule has 20 heavy (non-hydrogen) atoms. The van der Waals surface area contributed by atoms with Crippen molar-refractivity contribution < 1.29 is 13.7 Å². The zero-order valence-corrected chi connectivity index (χ0v) is 10.7. The summed E-state index contributed by atoms with van der Waals surface area (Å²) in [4.78, 5) is 13.9. The summed E-state index contributed by atoms with van der Waals surface area (Å²) in [6.07, 6.45) is 0. The first-order valence-electron chi connectivity index (χ1n) is 5.29. The number of rotatable bonds is 3. The van der Waals surface area contributed by atoms with Gasteiger partial charge in [0.2, 0.25) is 0 Å². The largest absolute Gasteiger partial charge is 0.279 e. The molecule has 100 valence electrons. The Hall–Kier alpha value is -2.46. The number of nitro groups is 1. The van der Waals surface area contributed by atoms with Crippen LogP contribution < -0.4 is 0 Å². The molecule has 0 radical (unpaired) electrons. The number of halogens is 2. The second kappa shape index (κ2) is 5.67. The maximum absolute atomic E-state index is 13.1. The molecule has 0 N–H and O–H groups in total. The van der Waals surface area contributed by atoms with Crippen LogP contribution in [-0.2, 0) is 0 Å². The maximum Gasteiger partial charge on any atom is 0.279 e. The van der Waals surface area contributed by atoms with Crippen LogP contribution in [0.4, 0.5) is 20.2 Å². The third-order valence-corrected chi connectivity index (χ3v) is 3.30. The molecule has 2 rings (SSSR count). The fourth-order valence-corrected chi connectivity index (χ4v) is 2.46. The van der Waals surface area contributed by atoms with Crippen LogP contribution in [0.2, 0.25) is 0 Å². The van der Waals surface area contributed by atoms with Crippen LogP contribution in [-0.4, -0.2) is 4.92 Å². The summed E-state index contributed by atoms with van der Waals surface area (Å²) in [7, 11) is 0. The predicted molar refractivity (Wildman–Crippen MR) is 69.8 cm³/mol. The van der Waals surface area contributed by atoms with Crippen LogP contribution in [0.25, 0.3) is 4.85 Å². The van der Waals surface area contributed by atoms with E-state index < -0.39 is 16.6 Å². The zero-order chi connectivity index (χ0) is 14.7. The van der Waals surface area contributed by atoms with Gasteiger partial charge in [0.25, 0.3) is 11.4 Å². The Bertz CT molecular complexity index is 709. The maximum atomic E-state index is 13.1. The summed E-state index contributed by atoms with van der Waals surface area (Å²) < 4.78 is 26.1. The number of nitrogens with zero attached hydrogens (tertiary/aromatic N) is 2. The highest BCUT2D eigenvalue weighted by molar-refractivity contribution is 7.99. The molecule has 4 nitrogen and oxygen atoms in total. The van der Waals surface area contributed by atoms with Gasteiger partial charge in [-0.1, -0.05) is 11.8 Å². The second-order valence-electron chi connectivity index (χ2n) is 3.73. The number of hydrogen-bond acceptors (Lipinski definition) is 3. The van der Waals surface area contributed by atoms with Crippen molar-refractivity contribution >= 4 is 23.1 Å². The van der Waals surface area contributed by atoms with Crippen LogP contribution in [0.5, 0.6) is 0 Å². The summed E-state index contributed by atoms with van der Waals surface area (Å²) in [5, 5.41) is 10.7. The first kappa shape index (κ1) is 14.0. The van der Waals surface area contributed by atoms with E-state index in [2.05, 4.69) is 4.85 Å². The first-order chi connectivity index (χ1) is 9.49. The van der Waals surface area contributed by atoms with Crippen molar-refractivity contribution in [2.75, 3.05) is 0 Å². The molecule has 0 saturated carbocycles. The van der Waals surface area contributed by atoms with Gasteiger partial charge >= 0.3 is 0 Å². The normalized spacial score (nSPS) is 10.1. The lowest BCUT2D eigenvalue weighted by atomic mass is 10.3. The molecule has 0 aliphatic carbocycles. The summed E-state index contributed by atoms with van der Waals surface area (Å²) in [6.45, 7) is 6.91. The van der Waals surface area contributed by atoms with E-state index >= 15 is 0 Å². The van der Waals surface area contributed by atoms with Gasteiger partial charge < -0.3 is 0 Å². The lowest BCUT2D eigenvalue weighted by Crippen LogP contribution is -1.88. The summed E-state index contributed by atoms with van der Waals surface area (Å²) in [6, 6.07) is 6.99. The fraction of sp³-hybridized carbons (Fsp3) is 0. The average molecular weight is 292 g/mol. The summed E-state index contributed by atoms with van der Waals surface area (Å²) in [5.74, 6) is -1.42.